The van der Waals surface area contributed by atoms with Crippen LogP contribution in [0.5, 0.6) is 11.5 Å². The summed E-state index contributed by atoms with van der Waals surface area (Å²) < 4.78 is 15.3. The molecule has 238 valence electrons. The van der Waals surface area contributed by atoms with E-state index in [9.17, 15) is 0 Å². The third-order valence-corrected chi connectivity index (χ3v) is 25.9. The number of rotatable bonds is 10. The largest absolute Gasteiger partial charge is 1.00 e. The molecule has 4 aromatic rings. The quantitative estimate of drug-likeness (QED) is 0.211. The summed E-state index contributed by atoms with van der Waals surface area (Å²) in [6, 6.07) is 31.6. The van der Waals surface area contributed by atoms with E-state index >= 15 is 0 Å². The van der Waals surface area contributed by atoms with Crippen LogP contribution in [0.15, 0.2) is 96.1 Å². The van der Waals surface area contributed by atoms with E-state index in [1.165, 1.54) is 73.7 Å². The predicted molar refractivity (Wildman–Crippen MR) is 182 cm³/mol. The van der Waals surface area contributed by atoms with Gasteiger partial charge in [0.15, 0.2) is 0 Å². The summed E-state index contributed by atoms with van der Waals surface area (Å²) >= 11 is -2.88. The third kappa shape index (κ3) is 5.87. The molecule has 0 bridgehead atoms. The molecule has 2 aliphatic carbocycles. The van der Waals surface area contributed by atoms with Gasteiger partial charge in [-0.25, -0.2) is 0 Å². The molecule has 2 atom stereocenters. The number of ether oxygens (including phenoxy) is 2. The van der Waals surface area contributed by atoms with Crippen molar-refractivity contribution in [1.29, 1.82) is 0 Å². The van der Waals surface area contributed by atoms with Gasteiger partial charge in [0.05, 0.1) is 0 Å². The number of allylic oxidation sites excluding steroid dienone is 2. The summed E-state index contributed by atoms with van der Waals surface area (Å²) in [7, 11) is 3.49. The minimum atomic E-state index is -2.88. The Kier molecular flexibility index (Phi) is 11.1. The van der Waals surface area contributed by atoms with Gasteiger partial charge in [-0.1, -0.05) is 0 Å². The van der Waals surface area contributed by atoms with Gasteiger partial charge in [-0.2, -0.15) is 0 Å². The molecule has 2 unspecified atom stereocenters. The van der Waals surface area contributed by atoms with Gasteiger partial charge in [0.1, 0.15) is 0 Å². The van der Waals surface area contributed by atoms with Crippen molar-refractivity contribution in [3.63, 3.8) is 0 Å². The molecule has 0 aromatic heterocycles. The minimum absolute atomic E-state index is 0. The molecule has 0 N–H and O–H groups in total. The molecule has 3 aliphatic rings. The molecule has 2 nitrogen and oxygen atoms in total. The van der Waals surface area contributed by atoms with E-state index < -0.39 is 20.3 Å². The maximum atomic E-state index is 5.48. The average Bonchev–Trinajstić information content (AvgIpc) is 3.60. The smallest absolute Gasteiger partial charge is 1.00 e. The Hall–Kier alpha value is -2.58. The van der Waals surface area contributed by atoms with Crippen LogP contribution >= 0.6 is 0 Å². The first kappa shape index (κ1) is 34.7. The van der Waals surface area contributed by atoms with Crippen molar-refractivity contribution in [1.82, 2.24) is 0 Å². The molecule has 46 heavy (non-hydrogen) atoms. The monoisotopic (exact) mass is 728 g/mol. The normalized spacial score (nSPS) is 17.9. The first-order valence-corrected chi connectivity index (χ1v) is 22.9. The molecule has 5 heteroatoms. The first-order chi connectivity index (χ1) is 21.6. The van der Waals surface area contributed by atoms with Crippen LogP contribution in [0.25, 0.3) is 34.4 Å². The maximum absolute atomic E-state index is 5.48. The van der Waals surface area contributed by atoms with E-state index in [2.05, 4.69) is 111 Å². The molecule has 0 saturated carbocycles. The number of hydrogen-bond acceptors (Lipinski definition) is 2. The minimum Gasteiger partial charge on any atom is -1.00 e. The molecular formula is C41H44Cl2O2Zr. The number of fused-ring (bicyclic) bond motifs is 2. The summed E-state index contributed by atoms with van der Waals surface area (Å²) in [5.74, 6) is 1.82. The second-order valence-electron chi connectivity index (χ2n) is 13.0. The fraction of sp³-hybridized carbons (Fsp3) is 0.317. The Morgan fingerprint density at radius 2 is 1.00 bits per heavy atom. The van der Waals surface area contributed by atoms with E-state index in [1.54, 1.807) is 36.5 Å². The Balaban J connectivity index is 0.00000208. The Morgan fingerprint density at radius 1 is 0.587 bits per heavy atom. The fourth-order valence-corrected chi connectivity index (χ4v) is 24.2. The van der Waals surface area contributed by atoms with Crippen LogP contribution in [-0.4, -0.2) is 14.2 Å². The third-order valence-electron chi connectivity index (χ3n) is 10.6. The molecule has 1 heterocycles. The van der Waals surface area contributed by atoms with Gasteiger partial charge in [-0.3, -0.25) is 0 Å². The molecule has 7 rings (SSSR count). The van der Waals surface area contributed by atoms with Crippen LogP contribution in [-0.2, 0) is 20.3 Å². The Labute approximate surface area is 292 Å². The number of methoxy groups -OCH3 is 2. The molecule has 0 amide bonds. The van der Waals surface area contributed by atoms with Gasteiger partial charge in [0.25, 0.3) is 0 Å². The van der Waals surface area contributed by atoms with E-state index in [-0.39, 0.29) is 24.8 Å². The summed E-state index contributed by atoms with van der Waals surface area (Å²) in [4.78, 5) is 0. The Morgan fingerprint density at radius 3 is 1.33 bits per heavy atom. The Bertz CT molecular complexity index is 1610. The predicted octanol–water partition coefficient (Wildman–Crippen LogP) is 5.62. The molecule has 0 spiro atoms. The van der Waals surface area contributed by atoms with Crippen LogP contribution in [0.2, 0.25) is 8.26 Å². The van der Waals surface area contributed by atoms with E-state index in [4.69, 9.17) is 9.47 Å². The summed E-state index contributed by atoms with van der Waals surface area (Å²) in [5, 5.41) is 0. The number of benzene rings is 4. The second kappa shape index (κ2) is 14.7. The van der Waals surface area contributed by atoms with Gasteiger partial charge in [0, 0.05) is 0 Å². The zero-order valence-electron chi connectivity index (χ0n) is 27.4. The zero-order chi connectivity index (χ0) is 30.3. The summed E-state index contributed by atoms with van der Waals surface area (Å²) in [6.07, 6.45) is 11.5. The first-order valence-electron chi connectivity index (χ1n) is 16.6. The van der Waals surface area contributed by atoms with E-state index in [1.807, 2.05) is 0 Å². The number of hydrogen-bond donors (Lipinski definition) is 0. The standard InChI is InChI=1S/2C19H19O.C3H6.2ClH.Zr/c2*1-3-5-14-12-16-6-4-7-18(19(16)13-14)15-8-10-17(20-2)11-9-15;1-3-2;;;/h2*4,6-13H,3,5H2,1-2H3;1-3H2;2*1H;/q;;;;;+2/p-2. The molecule has 0 radical (unpaired) electrons. The van der Waals surface area contributed by atoms with Crippen molar-refractivity contribution in [2.24, 2.45) is 0 Å². The van der Waals surface area contributed by atoms with Gasteiger partial charge in [-0.05, 0) is 0 Å². The SMILES string of the molecule is CCCC1=Cc2c(-c3ccc(OC)cc3)cccc2[CH]1[Zr+2]1([CH]2C(CCC)=Cc3c(-c4ccc(OC)cc4)cccc32)[CH2]C[CH2]1.[Cl-].[Cl-]. The molecule has 4 aromatic carbocycles. The van der Waals surface area contributed by atoms with Gasteiger partial charge in [-0.15, -0.1) is 0 Å². The fourth-order valence-electron chi connectivity index (χ4n) is 8.67. The van der Waals surface area contributed by atoms with E-state index in [0.29, 0.717) is 7.25 Å². The number of halogens is 2. The van der Waals surface area contributed by atoms with E-state index in [0.717, 1.165) is 11.5 Å². The molecule has 1 aliphatic heterocycles. The van der Waals surface area contributed by atoms with Crippen LogP contribution < -0.4 is 34.3 Å². The second-order valence-corrected chi connectivity index (χ2v) is 24.3. The van der Waals surface area contributed by atoms with Crippen molar-refractivity contribution in [2.45, 2.75) is 61.5 Å². The van der Waals surface area contributed by atoms with Crippen molar-refractivity contribution < 1.29 is 54.6 Å². The van der Waals surface area contributed by atoms with Crippen LogP contribution in [0.1, 0.15) is 75.5 Å². The summed E-state index contributed by atoms with van der Waals surface area (Å²) in [5.41, 5.74) is 15.0. The zero-order valence-corrected chi connectivity index (χ0v) is 31.4. The van der Waals surface area contributed by atoms with Gasteiger partial charge >= 0.3 is 270 Å². The topological polar surface area (TPSA) is 18.5 Å². The van der Waals surface area contributed by atoms with Crippen LogP contribution in [0.3, 0.4) is 0 Å². The maximum Gasteiger partial charge on any atom is -1.00 e. The molecule has 1 saturated heterocycles. The average molecular weight is 731 g/mol. The van der Waals surface area contributed by atoms with Crippen LogP contribution in [0, 0.1) is 0 Å². The van der Waals surface area contributed by atoms with Crippen molar-refractivity contribution in [3.05, 3.63) is 118 Å². The van der Waals surface area contributed by atoms with Crippen molar-refractivity contribution in [3.8, 4) is 33.8 Å². The summed E-state index contributed by atoms with van der Waals surface area (Å²) in [6.45, 7) is 4.73. The van der Waals surface area contributed by atoms with Gasteiger partial charge < -0.3 is 24.8 Å². The van der Waals surface area contributed by atoms with Crippen molar-refractivity contribution in [2.75, 3.05) is 14.2 Å². The van der Waals surface area contributed by atoms with Crippen molar-refractivity contribution >= 4 is 12.2 Å². The van der Waals surface area contributed by atoms with Crippen LogP contribution in [0.4, 0.5) is 0 Å². The van der Waals surface area contributed by atoms with Gasteiger partial charge in [0.2, 0.25) is 0 Å². The molecular weight excluding hydrogens is 687 g/mol. The molecule has 1 fully saturated rings.